The van der Waals surface area contributed by atoms with Gasteiger partial charge in [0.15, 0.2) is 0 Å². The zero-order valence-electron chi connectivity index (χ0n) is 9.03. The Labute approximate surface area is 103 Å². The summed E-state index contributed by atoms with van der Waals surface area (Å²) in [6.45, 7) is 1.76. The average Bonchev–Trinajstić information content (AvgIpc) is 2.68. The number of nitrogen functional groups attached to an aromatic ring is 1. The highest BCUT2D eigenvalue weighted by molar-refractivity contribution is 6.33. The number of anilines is 2. The topological polar surface area (TPSA) is 81.2 Å². The molecule has 0 unspecified atom stereocenters. The monoisotopic (exact) mass is 251 g/mol. The molecule has 0 bridgehead atoms. The van der Waals surface area contributed by atoms with Crippen LogP contribution in [0.25, 0.3) is 0 Å². The molecule has 0 spiro atoms. The van der Waals surface area contributed by atoms with Gasteiger partial charge in [0, 0.05) is 11.6 Å². The number of nitrogens with one attached hydrogen (secondary N) is 1. The van der Waals surface area contributed by atoms with Gasteiger partial charge in [0.2, 0.25) is 5.88 Å². The number of carbonyl (C=O) groups is 1. The van der Waals surface area contributed by atoms with E-state index < -0.39 is 0 Å². The molecule has 17 heavy (non-hydrogen) atoms. The van der Waals surface area contributed by atoms with Crippen molar-refractivity contribution in [2.45, 2.75) is 6.92 Å². The fraction of sp³-hybridized carbons (Fsp3) is 0.0909. The summed E-state index contributed by atoms with van der Waals surface area (Å²) >= 11 is 5.76. The highest BCUT2D eigenvalue weighted by Gasteiger charge is 2.10. The molecule has 0 aliphatic carbocycles. The van der Waals surface area contributed by atoms with Gasteiger partial charge < -0.3 is 10.3 Å². The van der Waals surface area contributed by atoms with E-state index in [1.807, 2.05) is 0 Å². The molecule has 1 aromatic heterocycles. The Bertz CT molecular complexity index is 566. The van der Waals surface area contributed by atoms with E-state index in [-0.39, 0.29) is 5.91 Å². The summed E-state index contributed by atoms with van der Waals surface area (Å²) in [5, 5.41) is 6.63. The Balaban J connectivity index is 2.17. The number of hydrogen-bond acceptors (Lipinski definition) is 4. The van der Waals surface area contributed by atoms with E-state index in [9.17, 15) is 4.79 Å². The lowest BCUT2D eigenvalue weighted by molar-refractivity contribution is 0.102. The zero-order chi connectivity index (χ0) is 12.4. The molecule has 88 valence electrons. The average molecular weight is 252 g/mol. The van der Waals surface area contributed by atoms with Crippen molar-refractivity contribution in [3.05, 3.63) is 40.5 Å². The van der Waals surface area contributed by atoms with Crippen molar-refractivity contribution in [2.75, 3.05) is 11.1 Å². The summed E-state index contributed by atoms with van der Waals surface area (Å²) in [6, 6.07) is 6.27. The van der Waals surface area contributed by atoms with Gasteiger partial charge in [-0.05, 0) is 25.1 Å². The van der Waals surface area contributed by atoms with Crippen molar-refractivity contribution in [2.24, 2.45) is 0 Å². The van der Waals surface area contributed by atoms with Gasteiger partial charge in [-0.1, -0.05) is 16.8 Å². The highest BCUT2D eigenvalue weighted by Crippen LogP contribution is 2.20. The van der Waals surface area contributed by atoms with Gasteiger partial charge in [-0.25, -0.2) is 0 Å². The maximum atomic E-state index is 11.8. The van der Waals surface area contributed by atoms with Crippen LogP contribution in [0.3, 0.4) is 0 Å². The maximum absolute atomic E-state index is 11.8. The summed E-state index contributed by atoms with van der Waals surface area (Å²) < 4.78 is 4.87. The quantitative estimate of drug-likeness (QED) is 0.804. The van der Waals surface area contributed by atoms with Crippen LogP contribution in [0.2, 0.25) is 5.02 Å². The molecule has 2 aromatic rings. The molecule has 1 aromatic carbocycles. The Hall–Kier alpha value is -2.01. The number of aryl methyl sites for hydroxylation is 1. The van der Waals surface area contributed by atoms with Crippen molar-refractivity contribution >= 4 is 29.1 Å². The number of nitrogens with two attached hydrogens (primary N) is 1. The highest BCUT2D eigenvalue weighted by atomic mass is 35.5. The van der Waals surface area contributed by atoms with Crippen LogP contribution in [0.5, 0.6) is 0 Å². The Morgan fingerprint density at radius 2 is 2.24 bits per heavy atom. The lowest BCUT2D eigenvalue weighted by Gasteiger charge is -2.03. The molecule has 5 nitrogen and oxygen atoms in total. The minimum atomic E-state index is -0.329. The molecule has 6 heteroatoms. The standard InChI is InChI=1S/C11H10ClN3O2/c1-6-4-10(17-15-6)14-11(16)7-2-3-8(12)9(13)5-7/h2-5H,13H2,1H3,(H,14,16). The van der Waals surface area contributed by atoms with Crippen molar-refractivity contribution in [1.29, 1.82) is 0 Å². The summed E-state index contributed by atoms with van der Waals surface area (Å²) in [7, 11) is 0. The van der Waals surface area contributed by atoms with Crippen LogP contribution in [0, 0.1) is 6.92 Å². The molecular formula is C11H10ClN3O2. The number of hydrogen-bond donors (Lipinski definition) is 2. The molecule has 0 aliphatic heterocycles. The Morgan fingerprint density at radius 1 is 1.47 bits per heavy atom. The predicted molar refractivity (Wildman–Crippen MR) is 65.1 cm³/mol. The summed E-state index contributed by atoms with van der Waals surface area (Å²) in [4.78, 5) is 11.8. The van der Waals surface area contributed by atoms with Gasteiger partial charge in [0.25, 0.3) is 5.91 Å². The minimum absolute atomic E-state index is 0.293. The SMILES string of the molecule is Cc1cc(NC(=O)c2ccc(Cl)c(N)c2)on1. The van der Waals surface area contributed by atoms with Crippen molar-refractivity contribution < 1.29 is 9.32 Å². The van der Waals surface area contributed by atoms with E-state index >= 15 is 0 Å². The molecule has 3 N–H and O–H groups in total. The van der Waals surface area contributed by atoms with E-state index in [1.54, 1.807) is 25.1 Å². The fourth-order valence-electron chi connectivity index (χ4n) is 1.29. The molecular weight excluding hydrogens is 242 g/mol. The van der Waals surface area contributed by atoms with Crippen molar-refractivity contribution in [3.8, 4) is 0 Å². The number of benzene rings is 1. The first-order chi connectivity index (χ1) is 8.06. The third-order valence-corrected chi connectivity index (χ3v) is 2.47. The van der Waals surface area contributed by atoms with Crippen LogP contribution in [0.4, 0.5) is 11.6 Å². The number of nitrogens with zero attached hydrogens (tertiary/aromatic N) is 1. The van der Waals surface area contributed by atoms with E-state index in [2.05, 4.69) is 10.5 Å². The van der Waals surface area contributed by atoms with Gasteiger partial charge in [-0.15, -0.1) is 0 Å². The molecule has 1 heterocycles. The van der Waals surface area contributed by atoms with Crippen LogP contribution in [0.15, 0.2) is 28.8 Å². The van der Waals surface area contributed by atoms with Gasteiger partial charge in [-0.3, -0.25) is 10.1 Å². The Kier molecular flexibility index (Phi) is 3.01. The van der Waals surface area contributed by atoms with E-state index in [1.165, 1.54) is 6.07 Å². The number of carbonyl (C=O) groups excluding carboxylic acids is 1. The first-order valence-corrected chi connectivity index (χ1v) is 5.24. The van der Waals surface area contributed by atoms with Crippen molar-refractivity contribution in [3.63, 3.8) is 0 Å². The predicted octanol–water partition coefficient (Wildman–Crippen LogP) is 2.47. The normalized spacial score (nSPS) is 10.2. The second-order valence-corrected chi connectivity index (χ2v) is 3.93. The first kappa shape index (κ1) is 11.5. The lowest BCUT2D eigenvalue weighted by Crippen LogP contribution is -2.11. The van der Waals surface area contributed by atoms with Gasteiger partial charge in [-0.2, -0.15) is 0 Å². The minimum Gasteiger partial charge on any atom is -0.398 e. The lowest BCUT2D eigenvalue weighted by atomic mass is 10.2. The van der Waals surface area contributed by atoms with E-state index in [0.717, 1.165) is 0 Å². The van der Waals surface area contributed by atoms with Crippen LogP contribution in [0.1, 0.15) is 16.1 Å². The van der Waals surface area contributed by atoms with Gasteiger partial charge in [0.05, 0.1) is 16.4 Å². The Morgan fingerprint density at radius 3 is 2.82 bits per heavy atom. The van der Waals surface area contributed by atoms with Gasteiger partial charge >= 0.3 is 0 Å². The molecule has 0 saturated carbocycles. The largest absolute Gasteiger partial charge is 0.398 e. The molecule has 0 fully saturated rings. The third-order valence-electron chi connectivity index (χ3n) is 2.12. The van der Waals surface area contributed by atoms with E-state index in [0.29, 0.717) is 27.9 Å². The number of rotatable bonds is 2. The summed E-state index contributed by atoms with van der Waals surface area (Å²) in [5.74, 6) is -0.0365. The first-order valence-electron chi connectivity index (χ1n) is 4.86. The fourth-order valence-corrected chi connectivity index (χ4v) is 1.41. The second-order valence-electron chi connectivity index (χ2n) is 3.52. The number of aromatic nitrogens is 1. The smallest absolute Gasteiger partial charge is 0.258 e. The van der Waals surface area contributed by atoms with Crippen LogP contribution in [-0.2, 0) is 0 Å². The van der Waals surface area contributed by atoms with Crippen LogP contribution >= 0.6 is 11.6 Å². The molecule has 0 radical (unpaired) electrons. The summed E-state index contributed by atoms with van der Waals surface area (Å²) in [5.41, 5.74) is 7.06. The molecule has 0 saturated heterocycles. The number of halogens is 1. The second kappa shape index (κ2) is 4.47. The molecule has 1 amide bonds. The van der Waals surface area contributed by atoms with Gasteiger partial charge in [0.1, 0.15) is 0 Å². The molecule has 0 aliphatic rings. The van der Waals surface area contributed by atoms with Crippen LogP contribution in [-0.4, -0.2) is 11.1 Å². The maximum Gasteiger partial charge on any atom is 0.258 e. The zero-order valence-corrected chi connectivity index (χ0v) is 9.78. The van der Waals surface area contributed by atoms with Crippen molar-refractivity contribution in [1.82, 2.24) is 5.16 Å². The van der Waals surface area contributed by atoms with E-state index in [4.69, 9.17) is 21.9 Å². The summed E-state index contributed by atoms with van der Waals surface area (Å²) in [6.07, 6.45) is 0. The molecule has 0 atom stereocenters. The molecule has 2 rings (SSSR count). The van der Waals surface area contributed by atoms with Crippen LogP contribution < -0.4 is 11.1 Å². The number of amides is 1. The third kappa shape index (κ3) is 2.57.